The molecule has 2 unspecified atom stereocenters. The molecule has 19 heavy (non-hydrogen) atoms. The molecular weight excluding hydrogens is 258 g/mol. The molecule has 0 aromatic heterocycles. The van der Waals surface area contributed by atoms with Crippen molar-refractivity contribution < 1.29 is 9.90 Å². The standard InChI is InChI=1S/C15H21NO2S/c1-10-4-2-6-12(8-10)19-9-11-5-3-7-13(16)14(11)15(17)18/h3,5,7,10,12H,2,4,6,8-9,16H2,1H3,(H,17,18). The number of carboxylic acids is 1. The van der Waals surface area contributed by atoms with Gasteiger partial charge in [0.15, 0.2) is 0 Å². The zero-order valence-corrected chi connectivity index (χ0v) is 12.1. The number of nitrogen functional groups attached to an aromatic ring is 1. The molecule has 0 saturated heterocycles. The van der Waals surface area contributed by atoms with Crippen molar-refractivity contribution >= 4 is 23.4 Å². The summed E-state index contributed by atoms with van der Waals surface area (Å²) in [6.45, 7) is 2.30. The van der Waals surface area contributed by atoms with Crippen LogP contribution in [0.4, 0.5) is 5.69 Å². The van der Waals surface area contributed by atoms with Crippen LogP contribution in [-0.2, 0) is 5.75 Å². The maximum atomic E-state index is 11.3. The van der Waals surface area contributed by atoms with Crippen LogP contribution in [0.15, 0.2) is 18.2 Å². The molecule has 4 heteroatoms. The first-order chi connectivity index (χ1) is 9.08. The van der Waals surface area contributed by atoms with Gasteiger partial charge >= 0.3 is 5.97 Å². The molecule has 1 aliphatic rings. The Balaban J connectivity index is 2.03. The van der Waals surface area contributed by atoms with E-state index in [1.807, 2.05) is 23.9 Å². The van der Waals surface area contributed by atoms with E-state index in [1.165, 1.54) is 25.7 Å². The Morgan fingerprint density at radius 3 is 2.95 bits per heavy atom. The Morgan fingerprint density at radius 2 is 2.26 bits per heavy atom. The number of carbonyl (C=O) groups is 1. The lowest BCUT2D eigenvalue weighted by atomic mass is 9.91. The van der Waals surface area contributed by atoms with Crippen LogP contribution in [0.25, 0.3) is 0 Å². The summed E-state index contributed by atoms with van der Waals surface area (Å²) in [4.78, 5) is 11.3. The molecule has 1 fully saturated rings. The highest BCUT2D eigenvalue weighted by Crippen LogP contribution is 2.34. The molecule has 2 rings (SSSR count). The quantitative estimate of drug-likeness (QED) is 0.823. The summed E-state index contributed by atoms with van der Waals surface area (Å²) in [6.07, 6.45) is 5.12. The lowest BCUT2D eigenvalue weighted by Gasteiger charge is -2.26. The number of hydrogen-bond donors (Lipinski definition) is 2. The lowest BCUT2D eigenvalue weighted by molar-refractivity contribution is 0.0697. The van der Waals surface area contributed by atoms with Gasteiger partial charge in [0.25, 0.3) is 0 Å². The fourth-order valence-corrected chi connectivity index (χ4v) is 4.19. The number of aromatic carboxylic acids is 1. The Hall–Kier alpha value is -1.16. The van der Waals surface area contributed by atoms with Crippen molar-refractivity contribution in [2.45, 2.75) is 43.6 Å². The molecule has 0 aliphatic heterocycles. The summed E-state index contributed by atoms with van der Waals surface area (Å²) in [6, 6.07) is 5.36. The van der Waals surface area contributed by atoms with Crippen molar-refractivity contribution in [3.8, 4) is 0 Å². The molecule has 1 aromatic rings. The molecular formula is C15H21NO2S. The fraction of sp³-hybridized carbons (Fsp3) is 0.533. The predicted molar refractivity (Wildman–Crippen MR) is 80.5 cm³/mol. The highest BCUT2D eigenvalue weighted by Gasteiger charge is 2.20. The molecule has 0 heterocycles. The molecule has 0 bridgehead atoms. The van der Waals surface area contributed by atoms with E-state index in [2.05, 4.69) is 6.92 Å². The van der Waals surface area contributed by atoms with Gasteiger partial charge in [0.05, 0.1) is 5.56 Å². The van der Waals surface area contributed by atoms with Gasteiger partial charge in [-0.3, -0.25) is 0 Å². The van der Waals surface area contributed by atoms with Gasteiger partial charge in [-0.15, -0.1) is 0 Å². The van der Waals surface area contributed by atoms with E-state index in [0.29, 0.717) is 10.9 Å². The minimum Gasteiger partial charge on any atom is -0.478 e. The van der Waals surface area contributed by atoms with Gasteiger partial charge in [-0.1, -0.05) is 31.9 Å². The molecule has 1 aliphatic carbocycles. The van der Waals surface area contributed by atoms with Crippen LogP contribution in [0, 0.1) is 5.92 Å². The van der Waals surface area contributed by atoms with Gasteiger partial charge in [-0.25, -0.2) is 4.79 Å². The second-order valence-electron chi connectivity index (χ2n) is 5.39. The van der Waals surface area contributed by atoms with E-state index in [1.54, 1.807) is 6.07 Å². The molecule has 104 valence electrons. The van der Waals surface area contributed by atoms with Crippen LogP contribution in [-0.4, -0.2) is 16.3 Å². The summed E-state index contributed by atoms with van der Waals surface area (Å²) in [7, 11) is 0. The second kappa shape index (κ2) is 6.33. The maximum absolute atomic E-state index is 11.3. The third-order valence-corrected chi connectivity index (χ3v) is 5.14. The first-order valence-corrected chi connectivity index (χ1v) is 7.85. The van der Waals surface area contributed by atoms with Crippen LogP contribution < -0.4 is 5.73 Å². The van der Waals surface area contributed by atoms with Crippen molar-refractivity contribution in [2.75, 3.05) is 5.73 Å². The number of rotatable bonds is 4. The molecule has 3 N–H and O–H groups in total. The van der Waals surface area contributed by atoms with E-state index in [9.17, 15) is 9.90 Å². The molecule has 2 atom stereocenters. The summed E-state index contributed by atoms with van der Waals surface area (Å²) >= 11 is 1.88. The Morgan fingerprint density at radius 1 is 1.47 bits per heavy atom. The molecule has 1 saturated carbocycles. The third kappa shape index (κ3) is 3.66. The molecule has 1 aromatic carbocycles. The number of benzene rings is 1. The van der Waals surface area contributed by atoms with Crippen molar-refractivity contribution in [2.24, 2.45) is 5.92 Å². The van der Waals surface area contributed by atoms with Gasteiger partial charge in [-0.05, 0) is 30.4 Å². The molecule has 3 nitrogen and oxygen atoms in total. The van der Waals surface area contributed by atoms with Crippen molar-refractivity contribution in [3.05, 3.63) is 29.3 Å². The van der Waals surface area contributed by atoms with Crippen LogP contribution in [0.3, 0.4) is 0 Å². The Bertz CT molecular complexity index is 461. The van der Waals surface area contributed by atoms with Crippen LogP contribution in [0.2, 0.25) is 0 Å². The average molecular weight is 279 g/mol. The van der Waals surface area contributed by atoms with E-state index in [0.717, 1.165) is 17.2 Å². The predicted octanol–water partition coefficient (Wildman–Crippen LogP) is 3.78. The summed E-state index contributed by atoms with van der Waals surface area (Å²) in [5.41, 5.74) is 7.25. The number of hydrogen-bond acceptors (Lipinski definition) is 3. The largest absolute Gasteiger partial charge is 0.478 e. The zero-order valence-electron chi connectivity index (χ0n) is 11.3. The first kappa shape index (κ1) is 14.3. The normalized spacial score (nSPS) is 23.2. The monoisotopic (exact) mass is 279 g/mol. The van der Waals surface area contributed by atoms with Crippen LogP contribution >= 0.6 is 11.8 Å². The van der Waals surface area contributed by atoms with E-state index in [-0.39, 0.29) is 5.56 Å². The zero-order chi connectivity index (χ0) is 13.8. The number of anilines is 1. The van der Waals surface area contributed by atoms with Crippen molar-refractivity contribution in [1.82, 2.24) is 0 Å². The molecule has 0 amide bonds. The summed E-state index contributed by atoms with van der Waals surface area (Å²) in [5, 5.41) is 9.90. The lowest BCUT2D eigenvalue weighted by Crippen LogP contribution is -2.15. The number of thioether (sulfide) groups is 1. The van der Waals surface area contributed by atoms with Gasteiger partial charge in [0, 0.05) is 16.7 Å². The van der Waals surface area contributed by atoms with Crippen molar-refractivity contribution in [1.29, 1.82) is 0 Å². The van der Waals surface area contributed by atoms with Crippen molar-refractivity contribution in [3.63, 3.8) is 0 Å². The summed E-state index contributed by atoms with van der Waals surface area (Å²) < 4.78 is 0. The Kier molecular flexibility index (Phi) is 4.75. The van der Waals surface area contributed by atoms with E-state index in [4.69, 9.17) is 5.73 Å². The maximum Gasteiger partial charge on any atom is 0.338 e. The van der Waals surface area contributed by atoms with Crippen LogP contribution in [0.1, 0.15) is 48.5 Å². The van der Waals surface area contributed by atoms with E-state index < -0.39 is 5.97 Å². The third-order valence-electron chi connectivity index (χ3n) is 3.76. The minimum absolute atomic E-state index is 0.277. The molecule has 0 radical (unpaired) electrons. The van der Waals surface area contributed by atoms with Gasteiger partial charge in [0.2, 0.25) is 0 Å². The smallest absolute Gasteiger partial charge is 0.338 e. The second-order valence-corrected chi connectivity index (χ2v) is 6.68. The van der Waals surface area contributed by atoms with Gasteiger partial charge < -0.3 is 10.8 Å². The number of nitrogens with two attached hydrogens (primary N) is 1. The highest BCUT2D eigenvalue weighted by atomic mass is 32.2. The SMILES string of the molecule is CC1CCCC(SCc2cccc(N)c2C(=O)O)C1. The average Bonchev–Trinajstić information content (AvgIpc) is 2.36. The van der Waals surface area contributed by atoms with Crippen LogP contribution in [0.5, 0.6) is 0 Å². The highest BCUT2D eigenvalue weighted by molar-refractivity contribution is 7.99. The first-order valence-electron chi connectivity index (χ1n) is 6.80. The topological polar surface area (TPSA) is 63.3 Å². The van der Waals surface area contributed by atoms with E-state index >= 15 is 0 Å². The molecule has 0 spiro atoms. The van der Waals surface area contributed by atoms with Gasteiger partial charge in [0.1, 0.15) is 0 Å². The summed E-state index contributed by atoms with van der Waals surface area (Å²) in [5.74, 6) is 0.612. The number of carboxylic acid groups (broad SMARTS) is 1. The minimum atomic E-state index is -0.925. The van der Waals surface area contributed by atoms with Gasteiger partial charge in [-0.2, -0.15) is 11.8 Å². The fourth-order valence-electron chi connectivity index (χ4n) is 2.74. The Labute approximate surface area is 118 Å².